The van der Waals surface area contributed by atoms with E-state index >= 15 is 0 Å². The van der Waals surface area contributed by atoms with Crippen molar-refractivity contribution in [2.24, 2.45) is 0 Å². The molecule has 0 saturated carbocycles. The molecule has 7 aromatic carbocycles. The first kappa shape index (κ1) is 32.0. The zero-order valence-electron chi connectivity index (χ0n) is 30.3. The van der Waals surface area contributed by atoms with Crippen molar-refractivity contribution in [1.29, 1.82) is 0 Å². The monoisotopic (exact) mass is 715 g/mol. The molecular weight excluding hydrogens is 683 g/mol. The highest BCUT2D eigenvalue weighted by Gasteiger charge is 2.51. The molecule has 4 nitrogen and oxygen atoms in total. The average molecular weight is 716 g/mol. The predicted molar refractivity (Wildman–Crippen MR) is 224 cm³/mol. The normalized spacial score (nSPS) is 12.9. The zero-order chi connectivity index (χ0) is 37.1. The van der Waals surface area contributed by atoms with Crippen LogP contribution >= 0.6 is 0 Å². The Kier molecular flexibility index (Phi) is 7.36. The molecule has 9 aromatic rings. The first-order valence-corrected chi connectivity index (χ1v) is 18.9. The van der Waals surface area contributed by atoms with Gasteiger partial charge in [-0.3, -0.25) is 4.98 Å². The third-order valence-corrected chi connectivity index (χ3v) is 11.3. The number of hydrogen-bond acceptors (Lipinski definition) is 4. The molecule has 4 heteroatoms. The maximum atomic E-state index is 6.60. The van der Waals surface area contributed by atoms with Gasteiger partial charge in [0.2, 0.25) is 0 Å². The highest BCUT2D eigenvalue weighted by Crippen LogP contribution is 2.62. The summed E-state index contributed by atoms with van der Waals surface area (Å²) in [7, 11) is 0. The van der Waals surface area contributed by atoms with Crippen LogP contribution in [0.3, 0.4) is 0 Å². The molecule has 0 amide bonds. The molecule has 2 aliphatic rings. The molecule has 3 heterocycles. The van der Waals surface area contributed by atoms with Crippen molar-refractivity contribution < 1.29 is 4.74 Å². The van der Waals surface area contributed by atoms with Crippen molar-refractivity contribution in [2.75, 3.05) is 0 Å². The molecule has 1 spiro atoms. The first-order valence-electron chi connectivity index (χ1n) is 18.9. The molecule has 0 saturated heterocycles. The molecule has 0 bridgehead atoms. The summed E-state index contributed by atoms with van der Waals surface area (Å²) in [6.45, 7) is 0. The van der Waals surface area contributed by atoms with E-state index in [0.717, 1.165) is 67.4 Å². The highest BCUT2D eigenvalue weighted by atomic mass is 16.5. The number of nitrogens with zero attached hydrogens (tertiary/aromatic N) is 3. The van der Waals surface area contributed by atoms with Crippen LogP contribution in [0, 0.1) is 0 Å². The summed E-state index contributed by atoms with van der Waals surface area (Å²) in [6.07, 6.45) is 3.75. The van der Waals surface area contributed by atoms with Gasteiger partial charge >= 0.3 is 0 Å². The summed E-state index contributed by atoms with van der Waals surface area (Å²) >= 11 is 0. The van der Waals surface area contributed by atoms with Crippen LogP contribution in [-0.2, 0) is 5.41 Å². The number of fused-ring (bicyclic) bond motifs is 9. The first-order chi connectivity index (χ1) is 27.7. The van der Waals surface area contributed by atoms with E-state index in [1.165, 1.54) is 27.8 Å². The summed E-state index contributed by atoms with van der Waals surface area (Å²) < 4.78 is 6.60. The summed E-state index contributed by atoms with van der Waals surface area (Å²) in [5.74, 6) is 2.43. The highest BCUT2D eigenvalue weighted by molar-refractivity contribution is 5.92. The molecule has 0 N–H and O–H groups in total. The fraction of sp³-hybridized carbons (Fsp3) is 0.0192. The van der Waals surface area contributed by atoms with Crippen molar-refractivity contribution in [3.05, 3.63) is 223 Å². The minimum absolute atomic E-state index is 0.577. The van der Waals surface area contributed by atoms with Gasteiger partial charge in [-0.25, -0.2) is 9.97 Å². The molecule has 0 atom stereocenters. The number of pyridine rings is 1. The minimum atomic E-state index is -0.577. The Morgan fingerprint density at radius 2 is 0.875 bits per heavy atom. The van der Waals surface area contributed by atoms with Crippen LogP contribution in [0.25, 0.3) is 67.3 Å². The standard InChI is InChI=1S/C52H33N3O/c1-3-13-34(14-4-1)36-17-11-18-38(29-36)47-32-48(55-51(54-47)35-15-5-2-6-16-35)39-25-27-44-42(31-39)41-30-37(40-19-12-28-53-33-40)24-26-43(41)52(44)45-20-7-9-22-49(45)56-50-23-10-8-21-46(50)52/h1-33H. The van der Waals surface area contributed by atoms with E-state index in [-0.39, 0.29) is 0 Å². The second kappa shape index (κ2) is 12.9. The molecule has 56 heavy (non-hydrogen) atoms. The van der Waals surface area contributed by atoms with Gasteiger partial charge in [0, 0.05) is 45.8 Å². The fourth-order valence-electron chi connectivity index (χ4n) is 8.73. The minimum Gasteiger partial charge on any atom is -0.457 e. The maximum absolute atomic E-state index is 6.60. The van der Waals surface area contributed by atoms with Crippen molar-refractivity contribution in [3.63, 3.8) is 0 Å². The molecule has 0 radical (unpaired) electrons. The van der Waals surface area contributed by atoms with Gasteiger partial charge < -0.3 is 4.74 Å². The van der Waals surface area contributed by atoms with Crippen molar-refractivity contribution in [2.45, 2.75) is 5.41 Å². The van der Waals surface area contributed by atoms with Gasteiger partial charge in [-0.1, -0.05) is 146 Å². The van der Waals surface area contributed by atoms with E-state index < -0.39 is 5.41 Å². The number of ether oxygens (including phenoxy) is 1. The smallest absolute Gasteiger partial charge is 0.160 e. The molecule has 1 aliphatic carbocycles. The Balaban J connectivity index is 1.15. The predicted octanol–water partition coefficient (Wildman–Crippen LogP) is 12.7. The third kappa shape index (κ3) is 5.04. The lowest BCUT2D eigenvalue weighted by atomic mass is 9.66. The van der Waals surface area contributed by atoms with Crippen LogP contribution < -0.4 is 4.74 Å². The lowest BCUT2D eigenvalue weighted by molar-refractivity contribution is 0.436. The summed E-state index contributed by atoms with van der Waals surface area (Å²) in [5, 5.41) is 0. The van der Waals surface area contributed by atoms with Crippen LogP contribution in [0.15, 0.2) is 200 Å². The quantitative estimate of drug-likeness (QED) is 0.178. The Labute approximate surface area is 325 Å². The van der Waals surface area contributed by atoms with Crippen LogP contribution in [0.4, 0.5) is 0 Å². The second-order valence-electron chi connectivity index (χ2n) is 14.4. The van der Waals surface area contributed by atoms with Crippen LogP contribution in [0.5, 0.6) is 11.5 Å². The van der Waals surface area contributed by atoms with Crippen LogP contribution in [0.1, 0.15) is 22.3 Å². The number of rotatable bonds is 5. The number of hydrogen-bond donors (Lipinski definition) is 0. The van der Waals surface area contributed by atoms with Gasteiger partial charge in [0.05, 0.1) is 16.8 Å². The van der Waals surface area contributed by atoms with E-state index in [1.807, 2.05) is 42.7 Å². The Hall–Kier alpha value is -7.43. The van der Waals surface area contributed by atoms with E-state index in [1.54, 1.807) is 0 Å². The Bertz CT molecular complexity index is 2900. The van der Waals surface area contributed by atoms with Gasteiger partial charge in [0.25, 0.3) is 0 Å². The summed E-state index contributed by atoms with van der Waals surface area (Å²) in [6, 6.07) is 66.3. The van der Waals surface area contributed by atoms with E-state index in [2.05, 4.69) is 163 Å². The third-order valence-electron chi connectivity index (χ3n) is 11.3. The van der Waals surface area contributed by atoms with Gasteiger partial charge in [-0.2, -0.15) is 0 Å². The lowest BCUT2D eigenvalue weighted by Crippen LogP contribution is -2.32. The van der Waals surface area contributed by atoms with Gasteiger partial charge in [0.15, 0.2) is 5.82 Å². The van der Waals surface area contributed by atoms with Crippen molar-refractivity contribution >= 4 is 0 Å². The van der Waals surface area contributed by atoms with E-state index in [0.29, 0.717) is 5.82 Å². The molecule has 1 aliphatic heterocycles. The molecule has 11 rings (SSSR count). The van der Waals surface area contributed by atoms with Crippen molar-refractivity contribution in [1.82, 2.24) is 15.0 Å². The maximum Gasteiger partial charge on any atom is 0.160 e. The zero-order valence-corrected chi connectivity index (χ0v) is 30.3. The summed E-state index contributed by atoms with van der Waals surface area (Å²) in [5.41, 5.74) is 15.8. The molecule has 262 valence electrons. The largest absolute Gasteiger partial charge is 0.457 e. The summed E-state index contributed by atoms with van der Waals surface area (Å²) in [4.78, 5) is 14.9. The van der Waals surface area contributed by atoms with Gasteiger partial charge in [-0.05, 0) is 81.4 Å². The fourth-order valence-corrected chi connectivity index (χ4v) is 8.73. The van der Waals surface area contributed by atoms with Gasteiger partial charge in [-0.15, -0.1) is 0 Å². The molecule has 0 fully saturated rings. The molecular formula is C52H33N3O. The van der Waals surface area contributed by atoms with Crippen molar-refractivity contribution in [3.8, 4) is 78.8 Å². The van der Waals surface area contributed by atoms with E-state index in [9.17, 15) is 0 Å². The number of benzene rings is 7. The number of aromatic nitrogens is 3. The molecule has 0 unspecified atom stereocenters. The topological polar surface area (TPSA) is 47.9 Å². The van der Waals surface area contributed by atoms with Crippen LogP contribution in [0.2, 0.25) is 0 Å². The lowest BCUT2D eigenvalue weighted by Gasteiger charge is -2.39. The number of para-hydroxylation sites is 2. The SMILES string of the molecule is c1ccc(-c2cccc(-c3cc(-c4ccc5c(c4)-c4cc(-c6cccnc6)ccc4C54c5ccccc5Oc5ccccc54)nc(-c4ccccc4)n3)c2)cc1. The van der Waals surface area contributed by atoms with E-state index in [4.69, 9.17) is 14.7 Å². The molecule has 2 aromatic heterocycles. The second-order valence-corrected chi connectivity index (χ2v) is 14.4. The average Bonchev–Trinajstić information content (AvgIpc) is 3.56. The van der Waals surface area contributed by atoms with Crippen LogP contribution in [-0.4, -0.2) is 15.0 Å². The van der Waals surface area contributed by atoms with Gasteiger partial charge in [0.1, 0.15) is 11.5 Å². The Morgan fingerprint density at radius 3 is 1.54 bits per heavy atom. The Morgan fingerprint density at radius 1 is 0.357 bits per heavy atom.